The Labute approximate surface area is 222 Å². The van der Waals surface area contributed by atoms with E-state index < -0.39 is 60.8 Å². The van der Waals surface area contributed by atoms with Crippen LogP contribution in [0.5, 0.6) is 0 Å². The van der Waals surface area contributed by atoms with Crippen LogP contribution in [0, 0.1) is 17.5 Å². The molecule has 13 heteroatoms. The lowest BCUT2D eigenvalue weighted by atomic mass is 9.91. The van der Waals surface area contributed by atoms with Crippen molar-refractivity contribution in [1.29, 1.82) is 0 Å². The van der Waals surface area contributed by atoms with Crippen LogP contribution < -0.4 is 0 Å². The van der Waals surface area contributed by atoms with E-state index >= 15 is 0 Å². The lowest BCUT2D eigenvalue weighted by Crippen LogP contribution is -2.50. The molecule has 2 aromatic carbocycles. The molecule has 1 N–H and O–H groups in total. The van der Waals surface area contributed by atoms with Gasteiger partial charge in [0.1, 0.15) is 17.4 Å². The molecule has 198 valence electrons. The molecule has 0 radical (unpaired) electrons. The molecule has 1 spiro atoms. The van der Waals surface area contributed by atoms with Crippen LogP contribution in [0.2, 0.25) is 5.02 Å². The minimum atomic E-state index is -1.64. The number of benzene rings is 2. The van der Waals surface area contributed by atoms with E-state index in [4.69, 9.17) is 22.4 Å². The van der Waals surface area contributed by atoms with E-state index in [2.05, 4.69) is 20.6 Å². The number of nitrogens with zero attached hydrogens (tertiary/aromatic N) is 6. The van der Waals surface area contributed by atoms with Crippen molar-refractivity contribution in [2.24, 2.45) is 0 Å². The van der Waals surface area contributed by atoms with Gasteiger partial charge in [0.15, 0.2) is 23.2 Å². The van der Waals surface area contributed by atoms with Gasteiger partial charge in [0, 0.05) is 25.3 Å². The molecule has 0 unspecified atom stereocenters. The van der Waals surface area contributed by atoms with Gasteiger partial charge in [0.05, 0.1) is 37.8 Å². The molecule has 0 aliphatic carbocycles. The number of ether oxygens (including phenoxy) is 2. The number of aliphatic hydroxyl groups is 1. The summed E-state index contributed by atoms with van der Waals surface area (Å²) in [5, 5.41) is 27.1. The maximum atomic E-state index is 13.8. The molecule has 6 rings (SSSR count). The second-order valence-corrected chi connectivity index (χ2v) is 9.43. The van der Waals surface area contributed by atoms with Gasteiger partial charge in [-0.3, -0.25) is 0 Å². The van der Waals surface area contributed by atoms with Gasteiger partial charge in [-0.1, -0.05) is 34.2 Å². The van der Waals surface area contributed by atoms with Gasteiger partial charge in [-0.15, -0.1) is 10.2 Å². The van der Waals surface area contributed by atoms with Crippen LogP contribution in [-0.2, 0) is 9.47 Å². The zero-order chi connectivity index (χ0) is 28.2. The molecular weight excluding hydrogens is 525 g/mol. The molecule has 4 aromatic rings. The minimum Gasteiger partial charge on any atom is -0.394 e. The van der Waals surface area contributed by atoms with Crippen LogP contribution >= 0.6 is 11.6 Å². The predicted octanol–water partition coefficient (Wildman–Crippen LogP) is 4.34. The summed E-state index contributed by atoms with van der Waals surface area (Å²) in [5.74, 6) is -6.03. The molecule has 9 nitrogen and oxygen atoms in total. The first-order valence-corrected chi connectivity index (χ1v) is 12.1. The summed E-state index contributed by atoms with van der Waals surface area (Å²) in [7, 11) is 0. The van der Waals surface area contributed by atoms with Crippen molar-refractivity contribution in [2.75, 3.05) is 13.2 Å². The Kier molecular flexibility index (Phi) is 5.82. The average molecular weight is 549 g/mol. The average Bonchev–Trinajstić information content (AvgIpc) is 3.70. The van der Waals surface area contributed by atoms with Crippen molar-refractivity contribution in [1.82, 2.24) is 30.0 Å². The van der Waals surface area contributed by atoms with E-state index in [1.165, 1.54) is 15.6 Å². The van der Waals surface area contributed by atoms with E-state index in [9.17, 15) is 19.6 Å². The van der Waals surface area contributed by atoms with Crippen LogP contribution in [0.3, 0.4) is 0 Å². The topological polar surface area (TPSA) is 100 Å². The van der Waals surface area contributed by atoms with Crippen molar-refractivity contribution in [2.45, 2.75) is 43.2 Å². The quantitative estimate of drug-likeness (QED) is 0.370. The summed E-state index contributed by atoms with van der Waals surface area (Å²) in [6.45, 7) is -0.340. The molecule has 0 saturated carbocycles. The zero-order valence-electron chi connectivity index (χ0n) is 21.6. The van der Waals surface area contributed by atoms with Gasteiger partial charge >= 0.3 is 0 Å². The standard InChI is InChI=1S/C25H22ClF3N6O3/c26-16-3-1-2-14(6-16)21-12-35(33-30-21)23-4-5-37-25(23)10-17(9-18(13-36)38-25)34-11-22(31-32-34)15-7-19(27)24(29)20(28)8-15/h1-3,6-8,11-12,17-18,23,36H,4-5,9-10,13H2/t17-,18+,23+,25-/m0/s1/i9D,10D/t9-,10-,17+,18-,23-,25+/m1. The largest absolute Gasteiger partial charge is 0.394 e. The van der Waals surface area contributed by atoms with E-state index in [0.717, 1.165) is 17.7 Å². The second-order valence-electron chi connectivity index (χ2n) is 8.99. The Bertz CT molecular complexity index is 1540. The molecule has 38 heavy (non-hydrogen) atoms. The fourth-order valence-electron chi connectivity index (χ4n) is 4.77. The normalized spacial score (nSPS) is 30.0. The number of hydrogen-bond donors (Lipinski definition) is 1. The molecular formula is C25H22ClF3N6O3. The Hall–Kier alpha value is -3.32. The molecule has 2 aliphatic heterocycles. The summed E-state index contributed by atoms with van der Waals surface area (Å²) in [5.41, 5.74) is 1.21. The SMILES string of the molecule is [2H][C@@H]1[C@H](n2cc(-c3cc(F)c(F)c(F)c3)nn2)[C@@H]([2H])[C@]2(OCC[C@H]2n2cc(-c3cccc(Cl)c3)nn2)O[C@H]1CO. The summed E-state index contributed by atoms with van der Waals surface area (Å²) in [4.78, 5) is 0. The monoisotopic (exact) mass is 548 g/mol. The predicted molar refractivity (Wildman–Crippen MR) is 128 cm³/mol. The minimum absolute atomic E-state index is 0.00428. The number of aromatic nitrogens is 6. The number of aliphatic hydroxyl groups excluding tert-OH is 1. The number of rotatable bonds is 5. The molecule has 0 bridgehead atoms. The van der Waals surface area contributed by atoms with Crippen LogP contribution in [-0.4, -0.2) is 60.2 Å². The van der Waals surface area contributed by atoms with Gasteiger partial charge in [0.25, 0.3) is 0 Å². The highest BCUT2D eigenvalue weighted by Gasteiger charge is 2.53. The van der Waals surface area contributed by atoms with Crippen molar-refractivity contribution in [3.8, 4) is 22.5 Å². The van der Waals surface area contributed by atoms with Crippen LogP contribution in [0.4, 0.5) is 13.2 Å². The highest BCUT2D eigenvalue weighted by atomic mass is 35.5. The Morgan fingerprint density at radius 2 is 1.76 bits per heavy atom. The summed E-state index contributed by atoms with van der Waals surface area (Å²) in [6, 6.07) is 6.95. The first-order chi connectivity index (χ1) is 19.2. The second kappa shape index (κ2) is 9.77. The summed E-state index contributed by atoms with van der Waals surface area (Å²) < 4.78 is 74.0. The maximum Gasteiger partial charge on any atom is 0.194 e. The Morgan fingerprint density at radius 3 is 2.50 bits per heavy atom. The van der Waals surface area contributed by atoms with Gasteiger partial charge < -0.3 is 14.6 Å². The lowest BCUT2D eigenvalue weighted by molar-refractivity contribution is -0.286. The van der Waals surface area contributed by atoms with Crippen molar-refractivity contribution in [3.63, 3.8) is 0 Å². The van der Waals surface area contributed by atoms with Crippen LogP contribution in [0.25, 0.3) is 22.5 Å². The fourth-order valence-corrected chi connectivity index (χ4v) is 4.96. The maximum absolute atomic E-state index is 13.8. The third kappa shape index (κ3) is 4.47. The van der Waals surface area contributed by atoms with E-state index in [-0.39, 0.29) is 17.9 Å². The van der Waals surface area contributed by atoms with Crippen molar-refractivity contribution >= 4 is 11.6 Å². The molecule has 2 aliphatic rings. The molecule has 0 amide bonds. The molecule has 6 atom stereocenters. The lowest BCUT2D eigenvalue weighted by Gasteiger charge is -2.43. The first-order valence-electron chi connectivity index (χ1n) is 12.9. The molecule has 2 aromatic heterocycles. The van der Waals surface area contributed by atoms with Crippen LogP contribution in [0.15, 0.2) is 48.8 Å². The third-order valence-corrected chi connectivity index (χ3v) is 6.79. The zero-order valence-corrected chi connectivity index (χ0v) is 20.3. The van der Waals surface area contributed by atoms with Gasteiger partial charge in [-0.25, -0.2) is 22.5 Å². The highest BCUT2D eigenvalue weighted by molar-refractivity contribution is 6.30. The van der Waals surface area contributed by atoms with Crippen LogP contribution in [0.1, 0.15) is 34.0 Å². The molecule has 4 heterocycles. The van der Waals surface area contributed by atoms with E-state index in [1.807, 2.05) is 6.07 Å². The Balaban J connectivity index is 1.36. The third-order valence-electron chi connectivity index (χ3n) is 6.56. The summed E-state index contributed by atoms with van der Waals surface area (Å²) in [6.07, 6.45) is -0.139. The first kappa shape index (κ1) is 22.6. The molecule has 2 fully saturated rings. The van der Waals surface area contributed by atoms with Gasteiger partial charge in [-0.05, 0) is 37.1 Å². The smallest absolute Gasteiger partial charge is 0.194 e. The number of hydrogen-bond acceptors (Lipinski definition) is 7. The van der Waals surface area contributed by atoms with E-state index in [0.29, 0.717) is 17.1 Å². The Morgan fingerprint density at radius 1 is 1.05 bits per heavy atom. The number of halogens is 4. The summed E-state index contributed by atoms with van der Waals surface area (Å²) >= 11 is 6.12. The molecule has 2 saturated heterocycles. The van der Waals surface area contributed by atoms with Gasteiger partial charge in [-0.2, -0.15) is 0 Å². The highest BCUT2D eigenvalue weighted by Crippen LogP contribution is 2.48. The van der Waals surface area contributed by atoms with E-state index in [1.54, 1.807) is 24.4 Å². The van der Waals surface area contributed by atoms with Gasteiger partial charge in [0.2, 0.25) is 0 Å². The fraction of sp³-hybridized carbons (Fsp3) is 0.360. The van der Waals surface area contributed by atoms with Crippen molar-refractivity contribution < 1.29 is 30.5 Å². The van der Waals surface area contributed by atoms with Crippen molar-refractivity contribution in [3.05, 3.63) is 71.3 Å².